The lowest BCUT2D eigenvalue weighted by Crippen LogP contribution is -2.17. The molecule has 0 aromatic carbocycles. The average molecular weight is 334 g/mol. The molecule has 2 aromatic rings. The molecule has 2 aromatic heterocycles. The van der Waals surface area contributed by atoms with Crippen molar-refractivity contribution in [2.45, 2.75) is 19.8 Å². The van der Waals surface area contributed by atoms with Gasteiger partial charge in [0.1, 0.15) is 11.4 Å². The molecular weight excluding hydrogens is 316 g/mol. The molecule has 0 spiro atoms. The molecule has 1 N–H and O–H groups in total. The van der Waals surface area contributed by atoms with Gasteiger partial charge in [-0.15, -0.1) is 12.3 Å². The molecule has 0 fully saturated rings. The molecule has 0 radical (unpaired) electrons. The summed E-state index contributed by atoms with van der Waals surface area (Å²) in [5.74, 6) is 3.16. The fourth-order valence-corrected chi connectivity index (χ4v) is 3.13. The Hall–Kier alpha value is -2.53. The van der Waals surface area contributed by atoms with Gasteiger partial charge in [-0.05, 0) is 25.5 Å². The summed E-state index contributed by atoms with van der Waals surface area (Å²) in [7, 11) is -1.85. The molecule has 2 rings (SSSR count). The Morgan fingerprint density at radius 3 is 2.91 bits per heavy atom. The zero-order valence-corrected chi connectivity index (χ0v) is 13.8. The highest BCUT2D eigenvalue weighted by Gasteiger charge is 2.21. The van der Waals surface area contributed by atoms with Crippen LogP contribution in [-0.4, -0.2) is 28.9 Å². The Kier molecular flexibility index (Phi) is 5.24. The van der Waals surface area contributed by atoms with Crippen molar-refractivity contribution in [2.75, 3.05) is 10.5 Å². The predicted molar refractivity (Wildman–Crippen MR) is 87.7 cm³/mol. The number of ether oxygens (including phenoxy) is 1. The van der Waals surface area contributed by atoms with Crippen LogP contribution in [0.2, 0.25) is 0 Å². The van der Waals surface area contributed by atoms with E-state index in [1.165, 1.54) is 10.9 Å². The van der Waals surface area contributed by atoms with Crippen LogP contribution in [0.15, 0.2) is 24.5 Å². The quantitative estimate of drug-likeness (QED) is 0.619. The maximum Gasteiger partial charge on any atom is 0.242 e. The second-order valence-electron chi connectivity index (χ2n) is 4.91. The van der Waals surface area contributed by atoms with Crippen molar-refractivity contribution in [2.24, 2.45) is 7.05 Å². The van der Waals surface area contributed by atoms with Crippen molar-refractivity contribution in [3.8, 4) is 24.0 Å². The van der Waals surface area contributed by atoms with Gasteiger partial charge in [-0.1, -0.05) is 0 Å². The van der Waals surface area contributed by atoms with Crippen LogP contribution in [-0.2, 0) is 17.1 Å². The van der Waals surface area contributed by atoms with Crippen LogP contribution in [0.5, 0.6) is 11.6 Å². The number of hydrogen-bond donors (Lipinski definition) is 1. The number of nitrogens with zero attached hydrogens (tertiary/aromatic N) is 3. The number of terminal acetylenes is 1. The topological polar surface area (TPSA) is 86.1 Å². The van der Waals surface area contributed by atoms with Gasteiger partial charge in [0.2, 0.25) is 15.9 Å². The number of aromatic nitrogens is 3. The molecule has 0 unspecified atom stereocenters. The summed E-state index contributed by atoms with van der Waals surface area (Å²) in [5, 5.41) is 4.20. The molecule has 0 amide bonds. The van der Waals surface area contributed by atoms with Crippen molar-refractivity contribution in [3.63, 3.8) is 0 Å². The highest BCUT2D eigenvalue weighted by atomic mass is 32.2. The van der Waals surface area contributed by atoms with E-state index in [-0.39, 0.29) is 5.75 Å². The number of pyridine rings is 1. The first-order valence-corrected chi connectivity index (χ1v) is 8.63. The smallest absolute Gasteiger partial charge is 0.242 e. The van der Waals surface area contributed by atoms with E-state index in [4.69, 9.17) is 11.2 Å². The van der Waals surface area contributed by atoms with Crippen LogP contribution in [0.4, 0.5) is 5.69 Å². The average Bonchev–Trinajstić information content (AvgIpc) is 2.75. The third-order valence-electron chi connectivity index (χ3n) is 3.01. The summed E-state index contributed by atoms with van der Waals surface area (Å²) in [6.07, 6.45) is 9.10. The van der Waals surface area contributed by atoms with E-state index in [0.29, 0.717) is 35.9 Å². The van der Waals surface area contributed by atoms with Crippen LogP contribution in [0.1, 0.15) is 18.5 Å². The SMILES string of the molecule is C#CCCCS(=O)(=O)Nc1c(C)nn(C)c1Oc1cccnc1. The largest absolute Gasteiger partial charge is 0.436 e. The number of unbranched alkanes of at least 4 members (excludes halogenated alkanes) is 1. The van der Waals surface area contributed by atoms with Crippen molar-refractivity contribution in [1.29, 1.82) is 0 Å². The standard InChI is InChI=1S/C15H18N4O3S/c1-4-5-6-10-23(20,21)18-14-12(2)17-19(3)15(14)22-13-8-7-9-16-11-13/h1,7-9,11,18H,5-6,10H2,2-3H3. The van der Waals surface area contributed by atoms with Gasteiger partial charge in [0.05, 0.1) is 17.6 Å². The van der Waals surface area contributed by atoms with Crippen molar-refractivity contribution >= 4 is 15.7 Å². The molecular formula is C15H18N4O3S. The fraction of sp³-hybridized carbons (Fsp3) is 0.333. The summed E-state index contributed by atoms with van der Waals surface area (Å²) < 4.78 is 34.0. The normalized spacial score (nSPS) is 11.0. The van der Waals surface area contributed by atoms with Gasteiger partial charge >= 0.3 is 0 Å². The lowest BCUT2D eigenvalue weighted by molar-refractivity contribution is 0.430. The minimum atomic E-state index is -3.53. The first kappa shape index (κ1) is 16.8. The number of aryl methyl sites for hydroxylation is 2. The van der Waals surface area contributed by atoms with Crippen LogP contribution >= 0.6 is 0 Å². The molecule has 0 saturated heterocycles. The Balaban J connectivity index is 2.24. The van der Waals surface area contributed by atoms with E-state index in [0.717, 1.165) is 0 Å². The molecule has 0 aliphatic rings. The minimum absolute atomic E-state index is 0.0577. The second-order valence-corrected chi connectivity index (χ2v) is 6.75. The zero-order valence-electron chi connectivity index (χ0n) is 13.0. The minimum Gasteiger partial charge on any atom is -0.436 e. The molecule has 0 saturated carbocycles. The van der Waals surface area contributed by atoms with Crippen molar-refractivity contribution in [3.05, 3.63) is 30.2 Å². The lowest BCUT2D eigenvalue weighted by atomic mass is 10.4. The molecule has 0 bridgehead atoms. The Labute approximate surface area is 135 Å². The molecule has 2 heterocycles. The van der Waals surface area contributed by atoms with Crippen molar-refractivity contribution < 1.29 is 13.2 Å². The van der Waals surface area contributed by atoms with E-state index >= 15 is 0 Å². The van der Waals surface area contributed by atoms with E-state index in [9.17, 15) is 8.42 Å². The maximum atomic E-state index is 12.2. The monoisotopic (exact) mass is 334 g/mol. The first-order valence-electron chi connectivity index (χ1n) is 6.98. The summed E-state index contributed by atoms with van der Waals surface area (Å²) in [5.41, 5.74) is 0.837. The van der Waals surface area contributed by atoms with Gasteiger partial charge in [0, 0.05) is 19.7 Å². The fourth-order valence-electron chi connectivity index (χ4n) is 1.96. The van der Waals surface area contributed by atoms with Crippen LogP contribution in [0.25, 0.3) is 0 Å². The molecule has 0 atom stereocenters. The Morgan fingerprint density at radius 2 is 2.26 bits per heavy atom. The van der Waals surface area contributed by atoms with E-state index in [1.54, 1.807) is 32.3 Å². The third kappa shape index (κ3) is 4.47. The van der Waals surface area contributed by atoms with Gasteiger partial charge in [0.15, 0.2) is 0 Å². The van der Waals surface area contributed by atoms with E-state index < -0.39 is 10.0 Å². The summed E-state index contributed by atoms with van der Waals surface area (Å²) in [6.45, 7) is 1.70. The Bertz CT molecular complexity index is 807. The summed E-state index contributed by atoms with van der Waals surface area (Å²) >= 11 is 0. The number of sulfonamides is 1. The van der Waals surface area contributed by atoms with Crippen LogP contribution < -0.4 is 9.46 Å². The molecule has 0 aliphatic carbocycles. The summed E-state index contributed by atoms with van der Waals surface area (Å²) in [6, 6.07) is 3.45. The van der Waals surface area contributed by atoms with Gasteiger partial charge in [-0.2, -0.15) is 5.10 Å². The molecule has 0 aliphatic heterocycles. The number of rotatable bonds is 7. The first-order chi connectivity index (χ1) is 10.9. The Morgan fingerprint density at radius 1 is 1.48 bits per heavy atom. The van der Waals surface area contributed by atoms with Crippen LogP contribution in [0, 0.1) is 19.3 Å². The number of anilines is 1. The van der Waals surface area contributed by atoms with Crippen molar-refractivity contribution in [1.82, 2.24) is 14.8 Å². The summed E-state index contributed by atoms with van der Waals surface area (Å²) in [4.78, 5) is 3.96. The van der Waals surface area contributed by atoms with Gasteiger partial charge in [-0.25, -0.2) is 13.1 Å². The maximum absolute atomic E-state index is 12.2. The highest BCUT2D eigenvalue weighted by molar-refractivity contribution is 7.92. The van der Waals surface area contributed by atoms with Gasteiger partial charge in [-0.3, -0.25) is 9.71 Å². The van der Waals surface area contributed by atoms with Gasteiger partial charge in [0.25, 0.3) is 0 Å². The highest BCUT2D eigenvalue weighted by Crippen LogP contribution is 2.32. The van der Waals surface area contributed by atoms with Crippen LogP contribution in [0.3, 0.4) is 0 Å². The predicted octanol–water partition coefficient (Wildman–Crippen LogP) is 2.07. The number of hydrogen-bond acceptors (Lipinski definition) is 5. The lowest BCUT2D eigenvalue weighted by Gasteiger charge is -2.10. The second kappa shape index (κ2) is 7.15. The zero-order chi connectivity index (χ0) is 16.9. The molecule has 23 heavy (non-hydrogen) atoms. The third-order valence-corrected chi connectivity index (χ3v) is 4.35. The molecule has 122 valence electrons. The number of nitrogens with one attached hydrogen (secondary N) is 1. The van der Waals surface area contributed by atoms with E-state index in [1.807, 2.05) is 0 Å². The van der Waals surface area contributed by atoms with Gasteiger partial charge < -0.3 is 4.74 Å². The molecule has 8 heteroatoms. The van der Waals surface area contributed by atoms with E-state index in [2.05, 4.69) is 20.7 Å². The molecule has 7 nitrogen and oxygen atoms in total.